The number of rotatable bonds is 3. The Balaban J connectivity index is 1.64. The molecule has 1 aliphatic rings. The zero-order chi connectivity index (χ0) is 17.1. The van der Waals surface area contributed by atoms with E-state index in [9.17, 15) is 14.0 Å². The van der Waals surface area contributed by atoms with Crippen molar-refractivity contribution in [1.82, 2.24) is 10.9 Å². The van der Waals surface area contributed by atoms with Crippen LogP contribution in [0.3, 0.4) is 0 Å². The Labute approximate surface area is 136 Å². The minimum atomic E-state index is -0.788. The number of carbonyl (C=O) groups excluding carboxylic acids is 2. The van der Waals surface area contributed by atoms with Crippen LogP contribution in [0.5, 0.6) is 17.2 Å². The number of fused-ring (bicyclic) bond motifs is 1. The van der Waals surface area contributed by atoms with Crippen molar-refractivity contribution in [2.24, 2.45) is 0 Å². The summed E-state index contributed by atoms with van der Waals surface area (Å²) >= 11 is 0. The van der Waals surface area contributed by atoms with E-state index >= 15 is 0 Å². The minimum absolute atomic E-state index is 0.0912. The van der Waals surface area contributed by atoms with Crippen LogP contribution in [-0.2, 0) is 0 Å². The highest BCUT2D eigenvalue weighted by atomic mass is 19.1. The van der Waals surface area contributed by atoms with Crippen LogP contribution in [0.4, 0.5) is 4.39 Å². The number of hydrogen-bond donors (Lipinski definition) is 2. The van der Waals surface area contributed by atoms with Gasteiger partial charge in [0.15, 0.2) is 11.5 Å². The van der Waals surface area contributed by atoms with E-state index in [1.807, 2.05) is 0 Å². The maximum absolute atomic E-state index is 13.8. The monoisotopic (exact) mass is 332 g/mol. The quantitative estimate of drug-likeness (QED) is 0.835. The normalized spacial score (nSPS) is 11.8. The fourth-order valence-corrected chi connectivity index (χ4v) is 2.10. The zero-order valence-corrected chi connectivity index (χ0v) is 12.6. The lowest BCUT2D eigenvalue weighted by atomic mass is 10.2. The van der Waals surface area contributed by atoms with Gasteiger partial charge in [-0.05, 0) is 30.3 Å². The van der Waals surface area contributed by atoms with Crippen LogP contribution < -0.4 is 25.1 Å². The second-order valence-corrected chi connectivity index (χ2v) is 4.82. The Bertz CT molecular complexity index is 809. The van der Waals surface area contributed by atoms with Crippen molar-refractivity contribution in [1.29, 1.82) is 0 Å². The molecule has 8 heteroatoms. The third kappa shape index (κ3) is 3.07. The van der Waals surface area contributed by atoms with Crippen molar-refractivity contribution in [3.63, 3.8) is 0 Å². The average molecular weight is 332 g/mol. The molecule has 0 saturated carbocycles. The first-order valence-electron chi connectivity index (χ1n) is 6.92. The van der Waals surface area contributed by atoms with Crippen LogP contribution in [-0.4, -0.2) is 25.7 Å². The fourth-order valence-electron chi connectivity index (χ4n) is 2.10. The first kappa shape index (κ1) is 15.6. The summed E-state index contributed by atoms with van der Waals surface area (Å²) in [6.07, 6.45) is 0. The lowest BCUT2D eigenvalue weighted by Gasteiger charge is -2.09. The average Bonchev–Trinajstić information content (AvgIpc) is 3.06. The van der Waals surface area contributed by atoms with E-state index < -0.39 is 17.6 Å². The smallest absolute Gasteiger partial charge is 0.272 e. The minimum Gasteiger partial charge on any atom is -0.497 e. The molecule has 2 aromatic rings. The molecule has 1 heterocycles. The number of amides is 2. The molecular weight excluding hydrogens is 319 g/mol. The summed E-state index contributed by atoms with van der Waals surface area (Å²) in [5.74, 6) is -0.858. The predicted molar refractivity (Wildman–Crippen MR) is 80.4 cm³/mol. The van der Waals surface area contributed by atoms with Gasteiger partial charge in [0.05, 0.1) is 12.7 Å². The van der Waals surface area contributed by atoms with E-state index in [1.165, 1.54) is 31.4 Å². The standard InChI is InChI=1S/C16H13FN2O5/c1-22-10-3-4-11(12(17)7-10)16(21)19-18-15(20)9-2-5-13-14(6-9)24-8-23-13/h2-7H,8H2,1H3,(H,18,20)(H,19,21). The van der Waals surface area contributed by atoms with Crippen molar-refractivity contribution in [3.8, 4) is 17.2 Å². The van der Waals surface area contributed by atoms with Gasteiger partial charge in [-0.1, -0.05) is 0 Å². The van der Waals surface area contributed by atoms with Gasteiger partial charge in [0.1, 0.15) is 11.6 Å². The molecule has 2 aromatic carbocycles. The highest BCUT2D eigenvalue weighted by Gasteiger charge is 2.17. The summed E-state index contributed by atoms with van der Waals surface area (Å²) in [4.78, 5) is 24.0. The van der Waals surface area contributed by atoms with E-state index in [4.69, 9.17) is 14.2 Å². The first-order valence-corrected chi connectivity index (χ1v) is 6.92. The van der Waals surface area contributed by atoms with E-state index in [0.29, 0.717) is 11.5 Å². The van der Waals surface area contributed by atoms with Gasteiger partial charge in [0.25, 0.3) is 11.8 Å². The Hall–Kier alpha value is -3.29. The van der Waals surface area contributed by atoms with Crippen LogP contribution in [0.25, 0.3) is 0 Å². The Kier molecular flexibility index (Phi) is 4.19. The predicted octanol–water partition coefficient (Wildman–Crippen LogP) is 1.64. The SMILES string of the molecule is COc1ccc(C(=O)NNC(=O)c2ccc3c(c2)OCO3)c(F)c1. The third-order valence-corrected chi connectivity index (χ3v) is 3.35. The van der Waals surface area contributed by atoms with Crippen LogP contribution in [0, 0.1) is 5.82 Å². The molecule has 0 saturated heterocycles. The number of hydrogen-bond acceptors (Lipinski definition) is 5. The number of halogens is 1. The topological polar surface area (TPSA) is 85.9 Å². The third-order valence-electron chi connectivity index (χ3n) is 3.35. The van der Waals surface area contributed by atoms with E-state index in [0.717, 1.165) is 6.07 Å². The molecule has 0 atom stereocenters. The summed E-state index contributed by atoms with van der Waals surface area (Å²) in [5, 5.41) is 0. The van der Waals surface area contributed by atoms with Crippen LogP contribution in [0.1, 0.15) is 20.7 Å². The molecule has 3 rings (SSSR count). The van der Waals surface area contributed by atoms with Crippen molar-refractivity contribution in [3.05, 3.63) is 53.3 Å². The molecule has 0 radical (unpaired) electrons. The summed E-state index contributed by atoms with van der Waals surface area (Å²) in [7, 11) is 1.39. The van der Waals surface area contributed by atoms with Gasteiger partial charge >= 0.3 is 0 Å². The molecule has 0 unspecified atom stereocenters. The van der Waals surface area contributed by atoms with Crippen molar-refractivity contribution in [2.75, 3.05) is 13.9 Å². The van der Waals surface area contributed by atoms with Gasteiger partial charge in [-0.15, -0.1) is 0 Å². The zero-order valence-electron chi connectivity index (χ0n) is 12.6. The molecule has 24 heavy (non-hydrogen) atoms. The highest BCUT2D eigenvalue weighted by molar-refractivity contribution is 5.99. The number of nitrogens with one attached hydrogen (secondary N) is 2. The molecule has 0 aliphatic carbocycles. The van der Waals surface area contributed by atoms with Gasteiger partial charge in [-0.2, -0.15) is 0 Å². The number of ether oxygens (including phenoxy) is 3. The second kappa shape index (κ2) is 6.45. The second-order valence-electron chi connectivity index (χ2n) is 4.82. The van der Waals surface area contributed by atoms with Gasteiger partial charge in [-0.25, -0.2) is 4.39 Å². The lowest BCUT2D eigenvalue weighted by Crippen LogP contribution is -2.41. The van der Waals surface area contributed by atoms with Crippen molar-refractivity contribution >= 4 is 11.8 Å². The lowest BCUT2D eigenvalue weighted by molar-refractivity contribution is 0.0844. The number of hydrazine groups is 1. The molecule has 2 N–H and O–H groups in total. The largest absolute Gasteiger partial charge is 0.497 e. The molecule has 124 valence electrons. The molecule has 0 bridgehead atoms. The Morgan fingerprint density at radius 2 is 1.79 bits per heavy atom. The van der Waals surface area contributed by atoms with Crippen LogP contribution in [0.2, 0.25) is 0 Å². The molecule has 0 spiro atoms. The first-order chi connectivity index (χ1) is 11.6. The van der Waals surface area contributed by atoms with Crippen molar-refractivity contribution in [2.45, 2.75) is 0 Å². The Morgan fingerprint density at radius 3 is 2.54 bits per heavy atom. The molecule has 2 amide bonds. The van der Waals surface area contributed by atoms with E-state index in [2.05, 4.69) is 10.9 Å². The molecule has 0 fully saturated rings. The van der Waals surface area contributed by atoms with E-state index in [-0.39, 0.29) is 23.7 Å². The van der Waals surface area contributed by atoms with Gasteiger partial charge in [0.2, 0.25) is 6.79 Å². The Morgan fingerprint density at radius 1 is 1.04 bits per heavy atom. The number of methoxy groups -OCH3 is 1. The fraction of sp³-hybridized carbons (Fsp3) is 0.125. The van der Waals surface area contributed by atoms with Crippen LogP contribution in [0.15, 0.2) is 36.4 Å². The molecule has 1 aliphatic heterocycles. The van der Waals surface area contributed by atoms with Gasteiger partial charge < -0.3 is 14.2 Å². The summed E-state index contributed by atoms with van der Waals surface area (Å²) < 4.78 is 29.0. The number of carbonyl (C=O) groups is 2. The summed E-state index contributed by atoms with van der Waals surface area (Å²) in [6, 6.07) is 8.37. The highest BCUT2D eigenvalue weighted by Crippen LogP contribution is 2.32. The maximum Gasteiger partial charge on any atom is 0.272 e. The molecular formula is C16H13FN2O5. The van der Waals surface area contributed by atoms with Crippen LogP contribution >= 0.6 is 0 Å². The summed E-state index contributed by atoms with van der Waals surface area (Å²) in [5.41, 5.74) is 4.40. The van der Waals surface area contributed by atoms with Gasteiger partial charge in [0, 0.05) is 11.6 Å². The number of benzene rings is 2. The summed E-state index contributed by atoms with van der Waals surface area (Å²) in [6.45, 7) is 0.0912. The molecule has 7 nitrogen and oxygen atoms in total. The molecule has 0 aromatic heterocycles. The maximum atomic E-state index is 13.8. The van der Waals surface area contributed by atoms with Gasteiger partial charge in [-0.3, -0.25) is 20.4 Å². The van der Waals surface area contributed by atoms with E-state index in [1.54, 1.807) is 6.07 Å². The van der Waals surface area contributed by atoms with Crippen molar-refractivity contribution < 1.29 is 28.2 Å².